The van der Waals surface area contributed by atoms with Crippen molar-refractivity contribution in [2.75, 3.05) is 37.7 Å². The highest BCUT2D eigenvalue weighted by Crippen LogP contribution is 2.48. The molecule has 3 aliphatic rings. The van der Waals surface area contributed by atoms with E-state index in [2.05, 4.69) is 39.5 Å². The SMILES string of the molecule is CC1(C)CN(Cc2ccc(C3COC3)cc2)CC[C@@]1(O)c1ccc2ncc(N3CCC(=O)NC3=O)cc2c1F. The van der Waals surface area contributed by atoms with Crippen LogP contribution in [-0.2, 0) is 21.7 Å². The summed E-state index contributed by atoms with van der Waals surface area (Å²) in [5, 5.41) is 14.5. The number of anilines is 1. The van der Waals surface area contributed by atoms with Gasteiger partial charge in [0.05, 0.1) is 36.2 Å². The number of carbonyl (C=O) groups excluding carboxylic acids is 2. The fourth-order valence-electron chi connectivity index (χ4n) is 6.07. The number of hydrogen-bond acceptors (Lipinski definition) is 6. The molecule has 4 heterocycles. The standard InChI is InChI=1S/C30H33FN4O4/c1-29(2)18-34(15-19-3-5-20(6-4-19)21-16-39-17-21)12-10-30(29,38)24-7-8-25-23(27(24)31)13-22(14-32-25)35-11-9-26(36)33-28(35)37/h3-8,13-14,21,38H,9-12,15-18H2,1-2H3,(H,33,36,37)/t30-/m1/s1. The molecule has 1 atom stereocenters. The summed E-state index contributed by atoms with van der Waals surface area (Å²) in [6, 6.07) is 13.0. The molecular formula is C30H33FN4O4. The summed E-state index contributed by atoms with van der Waals surface area (Å²) in [6.45, 7) is 7.71. The number of aliphatic hydroxyl groups is 1. The van der Waals surface area contributed by atoms with E-state index in [0.29, 0.717) is 36.6 Å². The van der Waals surface area contributed by atoms with Gasteiger partial charge in [0.1, 0.15) is 5.82 Å². The monoisotopic (exact) mass is 532 g/mol. The number of likely N-dealkylation sites (tertiary alicyclic amines) is 1. The molecule has 2 N–H and O–H groups in total. The Bertz CT molecular complexity index is 1440. The van der Waals surface area contributed by atoms with Gasteiger partial charge in [-0.05, 0) is 29.7 Å². The number of urea groups is 1. The fourth-order valence-corrected chi connectivity index (χ4v) is 6.07. The first-order valence-corrected chi connectivity index (χ1v) is 13.5. The van der Waals surface area contributed by atoms with Crippen molar-refractivity contribution in [1.82, 2.24) is 15.2 Å². The number of rotatable bonds is 5. The quantitative estimate of drug-likeness (QED) is 0.515. The van der Waals surface area contributed by atoms with Gasteiger partial charge in [0.2, 0.25) is 5.91 Å². The van der Waals surface area contributed by atoms with Crippen LogP contribution in [0.4, 0.5) is 14.9 Å². The molecule has 2 aromatic carbocycles. The Kier molecular flexibility index (Phi) is 6.40. The number of nitrogens with one attached hydrogen (secondary N) is 1. The van der Waals surface area contributed by atoms with Crippen molar-refractivity contribution in [3.05, 3.63) is 71.2 Å². The predicted octanol–water partition coefficient (Wildman–Crippen LogP) is 4.05. The number of benzene rings is 2. The summed E-state index contributed by atoms with van der Waals surface area (Å²) in [5.74, 6) is -0.378. The van der Waals surface area contributed by atoms with E-state index in [-0.39, 0.29) is 29.8 Å². The van der Waals surface area contributed by atoms with Crippen molar-refractivity contribution in [2.24, 2.45) is 5.41 Å². The maximum atomic E-state index is 16.1. The summed E-state index contributed by atoms with van der Waals surface area (Å²) in [6.07, 6.45) is 2.04. The first kappa shape index (κ1) is 25.9. The summed E-state index contributed by atoms with van der Waals surface area (Å²) < 4.78 is 21.4. The number of aromatic nitrogens is 1. The number of carbonyl (C=O) groups is 2. The topological polar surface area (TPSA) is 95.0 Å². The van der Waals surface area contributed by atoms with E-state index < -0.39 is 22.9 Å². The first-order valence-electron chi connectivity index (χ1n) is 13.5. The summed E-state index contributed by atoms with van der Waals surface area (Å²) in [7, 11) is 0. The minimum atomic E-state index is -1.39. The molecule has 3 saturated heterocycles. The van der Waals surface area contributed by atoms with E-state index in [1.54, 1.807) is 18.2 Å². The lowest BCUT2D eigenvalue weighted by Gasteiger charge is -2.50. The van der Waals surface area contributed by atoms with Gasteiger partial charge in [0.25, 0.3) is 0 Å². The van der Waals surface area contributed by atoms with Crippen LogP contribution in [0.2, 0.25) is 0 Å². The molecule has 3 aromatic rings. The van der Waals surface area contributed by atoms with Crippen molar-refractivity contribution in [1.29, 1.82) is 0 Å². The molecule has 0 aliphatic carbocycles. The van der Waals surface area contributed by atoms with Gasteiger partial charge in [-0.1, -0.05) is 44.2 Å². The van der Waals surface area contributed by atoms with Crippen LogP contribution in [0.15, 0.2) is 48.7 Å². The highest BCUT2D eigenvalue weighted by atomic mass is 19.1. The molecule has 1 aromatic heterocycles. The van der Waals surface area contributed by atoms with E-state index in [1.807, 2.05) is 13.8 Å². The van der Waals surface area contributed by atoms with Gasteiger partial charge in [0, 0.05) is 54.9 Å². The third-order valence-electron chi connectivity index (χ3n) is 8.62. The number of nitrogens with zero attached hydrogens (tertiary/aromatic N) is 3. The van der Waals surface area contributed by atoms with E-state index in [0.717, 1.165) is 19.8 Å². The number of halogens is 1. The lowest BCUT2D eigenvalue weighted by molar-refractivity contribution is -0.128. The Hall–Kier alpha value is -3.40. The Morgan fingerprint density at radius 2 is 1.90 bits per heavy atom. The minimum Gasteiger partial charge on any atom is -0.384 e. The third kappa shape index (κ3) is 4.58. The van der Waals surface area contributed by atoms with E-state index >= 15 is 4.39 Å². The van der Waals surface area contributed by atoms with Crippen LogP contribution in [0.1, 0.15) is 49.3 Å². The zero-order valence-corrected chi connectivity index (χ0v) is 22.2. The fraction of sp³-hybridized carbons (Fsp3) is 0.433. The highest BCUT2D eigenvalue weighted by Gasteiger charge is 2.50. The lowest BCUT2D eigenvalue weighted by atomic mass is 9.66. The number of hydrogen-bond donors (Lipinski definition) is 2. The molecule has 0 radical (unpaired) electrons. The minimum absolute atomic E-state index is 0.163. The molecular weight excluding hydrogens is 499 g/mol. The van der Waals surface area contributed by atoms with Crippen LogP contribution in [0, 0.1) is 11.2 Å². The molecule has 0 unspecified atom stereocenters. The molecule has 0 bridgehead atoms. The average Bonchev–Trinajstić information content (AvgIpc) is 2.86. The van der Waals surface area contributed by atoms with Crippen molar-refractivity contribution in [2.45, 2.75) is 44.8 Å². The number of ether oxygens (including phenoxy) is 1. The van der Waals surface area contributed by atoms with Crippen LogP contribution in [0.3, 0.4) is 0 Å². The maximum Gasteiger partial charge on any atom is 0.328 e. The second-order valence-electron chi connectivity index (χ2n) is 11.6. The first-order chi connectivity index (χ1) is 18.6. The molecule has 3 aliphatic heterocycles. The van der Waals surface area contributed by atoms with Crippen molar-refractivity contribution in [3.63, 3.8) is 0 Å². The molecule has 9 heteroatoms. The van der Waals surface area contributed by atoms with Gasteiger partial charge in [-0.3, -0.25) is 24.9 Å². The maximum absolute atomic E-state index is 16.1. The van der Waals surface area contributed by atoms with E-state index in [9.17, 15) is 14.7 Å². The summed E-state index contributed by atoms with van der Waals surface area (Å²) >= 11 is 0. The van der Waals surface area contributed by atoms with Gasteiger partial charge < -0.3 is 9.84 Å². The number of piperidine rings is 1. The van der Waals surface area contributed by atoms with Gasteiger partial charge in [-0.2, -0.15) is 0 Å². The Labute approximate surface area is 226 Å². The Balaban J connectivity index is 1.23. The second-order valence-corrected chi connectivity index (χ2v) is 11.6. The lowest BCUT2D eigenvalue weighted by Crippen LogP contribution is -2.55. The highest BCUT2D eigenvalue weighted by molar-refractivity contribution is 6.06. The molecule has 0 spiro atoms. The second kappa shape index (κ2) is 9.66. The van der Waals surface area contributed by atoms with Crippen molar-refractivity contribution in [3.8, 4) is 0 Å². The number of amides is 3. The average molecular weight is 533 g/mol. The normalized spacial score (nSPS) is 24.1. The summed E-state index contributed by atoms with van der Waals surface area (Å²) in [4.78, 5) is 31.9. The third-order valence-corrected chi connectivity index (χ3v) is 8.62. The smallest absolute Gasteiger partial charge is 0.328 e. The summed E-state index contributed by atoms with van der Waals surface area (Å²) in [5.41, 5.74) is 1.56. The van der Waals surface area contributed by atoms with Crippen LogP contribution in [0.25, 0.3) is 10.9 Å². The molecule has 8 nitrogen and oxygen atoms in total. The molecule has 3 fully saturated rings. The van der Waals surface area contributed by atoms with Gasteiger partial charge >= 0.3 is 6.03 Å². The van der Waals surface area contributed by atoms with Crippen LogP contribution < -0.4 is 10.2 Å². The number of pyridine rings is 1. The van der Waals surface area contributed by atoms with Crippen molar-refractivity contribution >= 4 is 28.5 Å². The van der Waals surface area contributed by atoms with Crippen LogP contribution in [0.5, 0.6) is 0 Å². The molecule has 0 saturated carbocycles. The Morgan fingerprint density at radius 1 is 1.13 bits per heavy atom. The van der Waals surface area contributed by atoms with Crippen LogP contribution in [-0.4, -0.2) is 59.8 Å². The number of fused-ring (bicyclic) bond motifs is 1. The van der Waals surface area contributed by atoms with Crippen LogP contribution >= 0.6 is 0 Å². The molecule has 3 amide bonds. The number of imide groups is 1. The van der Waals surface area contributed by atoms with E-state index in [1.165, 1.54) is 22.2 Å². The predicted molar refractivity (Wildman–Crippen MR) is 145 cm³/mol. The largest absolute Gasteiger partial charge is 0.384 e. The van der Waals surface area contributed by atoms with Gasteiger partial charge in [-0.15, -0.1) is 0 Å². The molecule has 6 rings (SSSR count). The van der Waals surface area contributed by atoms with Gasteiger partial charge in [-0.25, -0.2) is 9.18 Å². The molecule has 39 heavy (non-hydrogen) atoms. The molecule has 204 valence electrons. The zero-order chi connectivity index (χ0) is 27.4. The van der Waals surface area contributed by atoms with E-state index in [4.69, 9.17) is 4.74 Å². The van der Waals surface area contributed by atoms with Gasteiger partial charge in [0.15, 0.2) is 0 Å². The van der Waals surface area contributed by atoms with Crippen molar-refractivity contribution < 1.29 is 23.8 Å². The zero-order valence-electron chi connectivity index (χ0n) is 22.2. The Morgan fingerprint density at radius 3 is 2.56 bits per heavy atom.